The van der Waals surface area contributed by atoms with E-state index in [0.717, 1.165) is 11.8 Å². The number of carbonyl (C=O) groups excluding carboxylic acids is 1. The first-order valence-electron chi connectivity index (χ1n) is 5.86. The van der Waals surface area contributed by atoms with Gasteiger partial charge in [0.15, 0.2) is 6.61 Å². The molecule has 1 aromatic carbocycles. The minimum atomic E-state index is -0.462. The second kappa shape index (κ2) is 6.34. The molecular weight excluding hydrogens is 283 g/mol. The van der Waals surface area contributed by atoms with Crippen molar-refractivity contribution in [3.63, 3.8) is 0 Å². The number of ether oxygens (including phenoxy) is 1. The lowest BCUT2D eigenvalue weighted by Gasteiger charge is -2.08. The Labute approximate surface area is 120 Å². The Bertz CT molecular complexity index is 634. The van der Waals surface area contributed by atoms with Gasteiger partial charge in [-0.3, -0.25) is 4.79 Å². The van der Waals surface area contributed by atoms with Gasteiger partial charge in [0.05, 0.1) is 5.02 Å². The molecule has 0 saturated carbocycles. The van der Waals surface area contributed by atoms with Gasteiger partial charge in [-0.2, -0.15) is 0 Å². The molecule has 0 aliphatic rings. The number of hydrogen-bond donors (Lipinski definition) is 1. The zero-order valence-corrected chi connectivity index (χ0v) is 11.4. The lowest BCUT2D eigenvalue weighted by atomic mass is 10.3. The van der Waals surface area contributed by atoms with Crippen LogP contribution in [0.5, 0.6) is 5.75 Å². The predicted molar refractivity (Wildman–Crippen MR) is 74.5 cm³/mol. The third-order valence-corrected chi connectivity index (χ3v) is 2.70. The number of nitrogens with zero attached hydrogens (tertiary/aromatic N) is 1. The summed E-state index contributed by atoms with van der Waals surface area (Å²) in [7, 11) is 0. The number of pyridine rings is 1. The van der Waals surface area contributed by atoms with Gasteiger partial charge < -0.3 is 10.1 Å². The van der Waals surface area contributed by atoms with E-state index >= 15 is 0 Å². The number of aromatic nitrogens is 1. The van der Waals surface area contributed by atoms with Crippen molar-refractivity contribution in [3.8, 4) is 5.75 Å². The summed E-state index contributed by atoms with van der Waals surface area (Å²) in [5.41, 5.74) is 0.797. The molecule has 0 unspecified atom stereocenters. The van der Waals surface area contributed by atoms with Gasteiger partial charge in [0.25, 0.3) is 5.91 Å². The van der Waals surface area contributed by atoms with Gasteiger partial charge >= 0.3 is 0 Å². The standard InChI is InChI=1S/C14H12ClFN2O2/c1-9-3-2-4-13(17-9)18-14(19)8-20-12-6-5-10(16)7-11(12)15/h2-7H,8H2,1H3,(H,17,18,19). The van der Waals surface area contributed by atoms with Crippen LogP contribution < -0.4 is 10.1 Å². The highest BCUT2D eigenvalue weighted by Gasteiger charge is 2.07. The third kappa shape index (κ3) is 3.93. The van der Waals surface area contributed by atoms with Crippen LogP contribution in [0.4, 0.5) is 10.2 Å². The predicted octanol–water partition coefficient (Wildman–Crippen LogP) is 3.20. The maximum absolute atomic E-state index is 12.8. The van der Waals surface area contributed by atoms with Crippen LogP contribution in [0.1, 0.15) is 5.69 Å². The molecule has 2 rings (SSSR count). The first kappa shape index (κ1) is 14.3. The van der Waals surface area contributed by atoms with E-state index in [4.69, 9.17) is 16.3 Å². The normalized spacial score (nSPS) is 10.2. The number of benzene rings is 1. The maximum Gasteiger partial charge on any atom is 0.263 e. The molecular formula is C14H12ClFN2O2. The number of carbonyl (C=O) groups is 1. The van der Waals surface area contributed by atoms with Gasteiger partial charge in [-0.05, 0) is 37.3 Å². The molecule has 0 bridgehead atoms. The van der Waals surface area contributed by atoms with Gasteiger partial charge in [-0.15, -0.1) is 0 Å². The fraction of sp³-hybridized carbons (Fsp3) is 0.143. The molecule has 0 spiro atoms. The van der Waals surface area contributed by atoms with Crippen LogP contribution in [0.15, 0.2) is 36.4 Å². The zero-order valence-electron chi connectivity index (χ0n) is 10.7. The van der Waals surface area contributed by atoms with E-state index in [9.17, 15) is 9.18 Å². The van der Waals surface area contributed by atoms with Gasteiger partial charge in [0.2, 0.25) is 0 Å². The van der Waals surface area contributed by atoms with Crippen LogP contribution in [0.25, 0.3) is 0 Å². The number of amides is 1. The Morgan fingerprint density at radius 1 is 1.40 bits per heavy atom. The quantitative estimate of drug-likeness (QED) is 0.942. The molecule has 0 saturated heterocycles. The Morgan fingerprint density at radius 2 is 2.20 bits per heavy atom. The summed E-state index contributed by atoms with van der Waals surface area (Å²) in [5, 5.41) is 2.71. The van der Waals surface area contributed by atoms with Gasteiger partial charge in [-0.1, -0.05) is 17.7 Å². The largest absolute Gasteiger partial charge is 0.482 e. The Balaban J connectivity index is 1.92. The number of hydrogen-bond acceptors (Lipinski definition) is 3. The second-order valence-corrected chi connectivity index (χ2v) is 4.48. The van der Waals surface area contributed by atoms with Crippen molar-refractivity contribution < 1.29 is 13.9 Å². The Kier molecular flexibility index (Phi) is 4.53. The molecule has 0 fully saturated rings. The Morgan fingerprint density at radius 3 is 2.90 bits per heavy atom. The van der Waals surface area contributed by atoms with Crippen molar-refractivity contribution in [1.29, 1.82) is 0 Å². The summed E-state index contributed by atoms with van der Waals surface area (Å²) in [6.45, 7) is 1.59. The summed E-state index contributed by atoms with van der Waals surface area (Å²) in [5.74, 6) is -0.136. The molecule has 1 aromatic heterocycles. The van der Waals surface area contributed by atoms with E-state index in [1.807, 2.05) is 13.0 Å². The SMILES string of the molecule is Cc1cccc(NC(=O)COc2ccc(F)cc2Cl)n1. The van der Waals surface area contributed by atoms with Gasteiger partial charge in [-0.25, -0.2) is 9.37 Å². The van der Waals surface area contributed by atoms with Crippen molar-refractivity contribution in [1.82, 2.24) is 4.98 Å². The van der Waals surface area contributed by atoms with Crippen LogP contribution in [0.3, 0.4) is 0 Å². The van der Waals surface area contributed by atoms with Crippen LogP contribution in [-0.2, 0) is 4.79 Å². The number of anilines is 1. The molecule has 2 aromatic rings. The molecule has 6 heteroatoms. The first-order valence-corrected chi connectivity index (χ1v) is 6.24. The number of halogens is 2. The van der Waals surface area contributed by atoms with E-state index in [-0.39, 0.29) is 23.3 Å². The zero-order chi connectivity index (χ0) is 14.5. The van der Waals surface area contributed by atoms with E-state index in [1.165, 1.54) is 12.1 Å². The lowest BCUT2D eigenvalue weighted by Crippen LogP contribution is -2.21. The lowest BCUT2D eigenvalue weighted by molar-refractivity contribution is -0.118. The molecule has 1 amide bonds. The molecule has 4 nitrogen and oxygen atoms in total. The summed E-state index contributed by atoms with van der Waals surface area (Å²) >= 11 is 5.78. The highest BCUT2D eigenvalue weighted by Crippen LogP contribution is 2.24. The summed E-state index contributed by atoms with van der Waals surface area (Å²) in [4.78, 5) is 15.8. The average Bonchev–Trinajstić information content (AvgIpc) is 2.37. The van der Waals surface area contributed by atoms with Gasteiger partial charge in [0, 0.05) is 5.69 Å². The van der Waals surface area contributed by atoms with E-state index in [0.29, 0.717) is 5.82 Å². The van der Waals surface area contributed by atoms with Crippen molar-refractivity contribution in [2.75, 3.05) is 11.9 Å². The minimum absolute atomic E-state index is 0.117. The number of aryl methyl sites for hydroxylation is 1. The molecule has 20 heavy (non-hydrogen) atoms. The van der Waals surface area contributed by atoms with Gasteiger partial charge in [0.1, 0.15) is 17.4 Å². The maximum atomic E-state index is 12.8. The summed E-state index contributed by atoms with van der Waals surface area (Å²) in [6, 6.07) is 8.99. The van der Waals surface area contributed by atoms with Crippen LogP contribution >= 0.6 is 11.6 Å². The van der Waals surface area contributed by atoms with Crippen LogP contribution in [0.2, 0.25) is 5.02 Å². The van der Waals surface area contributed by atoms with Crippen molar-refractivity contribution in [3.05, 3.63) is 52.9 Å². The molecule has 0 radical (unpaired) electrons. The van der Waals surface area contributed by atoms with Crippen molar-refractivity contribution >= 4 is 23.3 Å². The number of rotatable bonds is 4. The second-order valence-electron chi connectivity index (χ2n) is 4.08. The smallest absolute Gasteiger partial charge is 0.263 e. The van der Waals surface area contributed by atoms with Crippen molar-refractivity contribution in [2.24, 2.45) is 0 Å². The van der Waals surface area contributed by atoms with E-state index < -0.39 is 5.82 Å². The van der Waals surface area contributed by atoms with E-state index in [1.54, 1.807) is 12.1 Å². The molecule has 104 valence electrons. The highest BCUT2D eigenvalue weighted by atomic mass is 35.5. The molecule has 1 N–H and O–H groups in total. The minimum Gasteiger partial charge on any atom is -0.482 e. The van der Waals surface area contributed by atoms with Crippen molar-refractivity contribution in [2.45, 2.75) is 6.92 Å². The fourth-order valence-electron chi connectivity index (χ4n) is 1.53. The van der Waals surface area contributed by atoms with E-state index in [2.05, 4.69) is 10.3 Å². The third-order valence-electron chi connectivity index (χ3n) is 2.41. The monoisotopic (exact) mass is 294 g/mol. The number of nitrogens with one attached hydrogen (secondary N) is 1. The summed E-state index contributed by atoms with van der Waals surface area (Å²) < 4.78 is 18.1. The topological polar surface area (TPSA) is 51.2 Å². The molecule has 0 aliphatic heterocycles. The Hall–Kier alpha value is -2.14. The van der Waals surface area contributed by atoms with Crippen LogP contribution in [-0.4, -0.2) is 17.5 Å². The fourth-order valence-corrected chi connectivity index (χ4v) is 1.75. The highest BCUT2D eigenvalue weighted by molar-refractivity contribution is 6.32. The average molecular weight is 295 g/mol. The summed E-state index contributed by atoms with van der Waals surface area (Å²) in [6.07, 6.45) is 0. The molecule has 0 aliphatic carbocycles. The molecule has 1 heterocycles. The van der Waals surface area contributed by atoms with Crippen LogP contribution in [0, 0.1) is 12.7 Å². The first-order chi connectivity index (χ1) is 9.54. The molecule has 0 atom stereocenters.